The molecular formula is C9H14N4O5. The van der Waals surface area contributed by atoms with Crippen molar-refractivity contribution < 1.29 is 24.9 Å². The summed E-state index contributed by atoms with van der Waals surface area (Å²) >= 11 is 0. The second-order valence-electron chi connectivity index (χ2n) is 4.02. The quantitative estimate of drug-likeness (QED) is 0.382. The highest BCUT2D eigenvalue weighted by Crippen LogP contribution is 2.27. The van der Waals surface area contributed by atoms with Gasteiger partial charge in [0.1, 0.15) is 24.1 Å². The van der Waals surface area contributed by atoms with E-state index in [2.05, 4.69) is 4.98 Å². The van der Waals surface area contributed by atoms with Gasteiger partial charge in [0.25, 0.3) is 5.91 Å². The van der Waals surface area contributed by atoms with Crippen LogP contribution in [0.3, 0.4) is 0 Å². The average molecular weight is 258 g/mol. The first-order valence-corrected chi connectivity index (χ1v) is 5.21. The number of primary amides is 1. The molecule has 2 rings (SSSR count). The third-order valence-corrected chi connectivity index (χ3v) is 2.81. The van der Waals surface area contributed by atoms with E-state index >= 15 is 0 Å². The molecule has 4 atom stereocenters. The zero-order chi connectivity index (χ0) is 13.4. The number of amides is 1. The van der Waals surface area contributed by atoms with Gasteiger partial charge in [0.2, 0.25) is 0 Å². The van der Waals surface area contributed by atoms with Crippen LogP contribution in [0.15, 0.2) is 6.33 Å². The molecule has 1 aromatic heterocycles. The number of aliphatic hydroxyl groups is 3. The van der Waals surface area contributed by atoms with Crippen LogP contribution in [0.5, 0.6) is 0 Å². The van der Waals surface area contributed by atoms with Gasteiger partial charge in [-0.15, -0.1) is 0 Å². The van der Waals surface area contributed by atoms with Crippen molar-refractivity contribution in [3.63, 3.8) is 0 Å². The normalized spacial score (nSPS) is 32.4. The van der Waals surface area contributed by atoms with Gasteiger partial charge in [-0.3, -0.25) is 9.36 Å². The number of rotatable bonds is 2. The minimum Gasteiger partial charge on any atom is -0.388 e. The van der Waals surface area contributed by atoms with Gasteiger partial charge in [-0.25, -0.2) is 4.98 Å². The molecular weight excluding hydrogens is 244 g/mol. The molecule has 7 N–H and O–H groups in total. The largest absolute Gasteiger partial charge is 0.388 e. The van der Waals surface area contributed by atoms with E-state index in [1.165, 1.54) is 10.9 Å². The lowest BCUT2D eigenvalue weighted by molar-refractivity contribution is -0.210. The van der Waals surface area contributed by atoms with Gasteiger partial charge in [-0.2, -0.15) is 0 Å². The molecule has 1 fully saturated rings. The van der Waals surface area contributed by atoms with E-state index in [0.29, 0.717) is 0 Å². The number of nitrogens with two attached hydrogens (primary N) is 2. The van der Waals surface area contributed by atoms with E-state index < -0.39 is 30.4 Å². The number of nitrogens with zero attached hydrogens (tertiary/aromatic N) is 2. The van der Waals surface area contributed by atoms with E-state index in [-0.39, 0.29) is 18.1 Å². The molecule has 0 aliphatic carbocycles. The summed E-state index contributed by atoms with van der Waals surface area (Å²) in [5.41, 5.74) is 10.5. The van der Waals surface area contributed by atoms with Gasteiger partial charge in [0.05, 0.1) is 12.9 Å². The Labute approximate surface area is 102 Å². The van der Waals surface area contributed by atoms with Crippen LogP contribution in [-0.4, -0.2) is 55.7 Å². The summed E-state index contributed by atoms with van der Waals surface area (Å²) in [6.07, 6.45) is -3.82. The van der Waals surface area contributed by atoms with Crippen LogP contribution in [0.2, 0.25) is 0 Å². The highest BCUT2D eigenvalue weighted by molar-refractivity contribution is 5.95. The maximum absolute atomic E-state index is 11.0. The van der Waals surface area contributed by atoms with Gasteiger partial charge in [0.15, 0.2) is 11.9 Å². The molecule has 100 valence electrons. The van der Waals surface area contributed by atoms with Crippen LogP contribution in [0.1, 0.15) is 16.7 Å². The van der Waals surface area contributed by atoms with Crippen molar-refractivity contribution in [2.24, 2.45) is 5.73 Å². The Balaban J connectivity index is 2.29. The maximum Gasteiger partial charge on any atom is 0.271 e. The Morgan fingerprint density at radius 2 is 2.11 bits per heavy atom. The molecule has 9 nitrogen and oxygen atoms in total. The van der Waals surface area contributed by atoms with Crippen LogP contribution in [0, 0.1) is 0 Å². The van der Waals surface area contributed by atoms with Crippen LogP contribution in [-0.2, 0) is 4.74 Å². The third kappa shape index (κ3) is 1.93. The summed E-state index contributed by atoms with van der Waals surface area (Å²) in [5.74, 6) is -0.882. The van der Waals surface area contributed by atoms with E-state index in [1.54, 1.807) is 0 Å². The second-order valence-corrected chi connectivity index (χ2v) is 4.02. The highest BCUT2D eigenvalue weighted by atomic mass is 16.5. The van der Waals surface area contributed by atoms with Crippen molar-refractivity contribution in [2.45, 2.75) is 24.5 Å². The monoisotopic (exact) mass is 258 g/mol. The van der Waals surface area contributed by atoms with Crippen molar-refractivity contribution in [3.8, 4) is 0 Å². The number of hydrogen-bond donors (Lipinski definition) is 5. The molecule has 0 aromatic carbocycles. The fourth-order valence-electron chi connectivity index (χ4n) is 1.80. The second kappa shape index (κ2) is 4.53. The molecule has 18 heavy (non-hydrogen) atoms. The molecule has 9 heteroatoms. The smallest absolute Gasteiger partial charge is 0.271 e. The summed E-state index contributed by atoms with van der Waals surface area (Å²) in [5, 5.41) is 28.6. The highest BCUT2D eigenvalue weighted by Gasteiger charge is 2.39. The predicted octanol–water partition coefficient (Wildman–Crippen LogP) is -2.82. The van der Waals surface area contributed by atoms with Gasteiger partial charge in [0, 0.05) is 0 Å². The number of anilines is 1. The number of ether oxygens (including phenoxy) is 1. The van der Waals surface area contributed by atoms with Crippen molar-refractivity contribution in [2.75, 3.05) is 12.3 Å². The van der Waals surface area contributed by atoms with Crippen molar-refractivity contribution in [3.05, 3.63) is 12.0 Å². The number of imidazole rings is 1. The molecule has 1 aliphatic rings. The van der Waals surface area contributed by atoms with E-state index in [9.17, 15) is 20.1 Å². The molecule has 0 spiro atoms. The van der Waals surface area contributed by atoms with E-state index in [1.807, 2.05) is 0 Å². The van der Waals surface area contributed by atoms with Gasteiger partial charge < -0.3 is 31.5 Å². The zero-order valence-corrected chi connectivity index (χ0v) is 9.30. The van der Waals surface area contributed by atoms with Crippen molar-refractivity contribution in [1.29, 1.82) is 0 Å². The van der Waals surface area contributed by atoms with Crippen LogP contribution < -0.4 is 11.5 Å². The fourth-order valence-corrected chi connectivity index (χ4v) is 1.80. The van der Waals surface area contributed by atoms with Crippen molar-refractivity contribution >= 4 is 11.7 Å². The summed E-state index contributed by atoms with van der Waals surface area (Å²) in [6, 6.07) is 0. The van der Waals surface area contributed by atoms with E-state index in [0.717, 1.165) is 0 Å². The lowest BCUT2D eigenvalue weighted by Crippen LogP contribution is -2.50. The van der Waals surface area contributed by atoms with Gasteiger partial charge in [-0.1, -0.05) is 0 Å². The summed E-state index contributed by atoms with van der Waals surface area (Å²) in [6.45, 7) is -0.174. The minimum absolute atomic E-state index is 0.0739. The first-order valence-electron chi connectivity index (χ1n) is 5.21. The standard InChI is InChI=1S/C9H14N4O5/c10-7-4(8(11)17)12-2-13(7)9-6(16)5(15)3(14)1-18-9/h2-3,5-6,9,14-16H,1,10H2,(H2,11,17)/t3-,5-,6-,9-/m1/s1. The molecule has 0 saturated carbocycles. The first-order chi connectivity index (χ1) is 8.43. The molecule has 0 radical (unpaired) electrons. The Morgan fingerprint density at radius 3 is 2.67 bits per heavy atom. The fraction of sp³-hybridized carbons (Fsp3) is 0.556. The Hall–Kier alpha value is -1.68. The van der Waals surface area contributed by atoms with Gasteiger partial charge in [-0.05, 0) is 0 Å². The lowest BCUT2D eigenvalue weighted by atomic mass is 10.0. The Bertz CT molecular complexity index is 462. The Morgan fingerprint density at radius 1 is 1.44 bits per heavy atom. The number of hydrogen-bond acceptors (Lipinski definition) is 7. The molecule has 0 bridgehead atoms. The minimum atomic E-state index is -1.40. The van der Waals surface area contributed by atoms with Crippen LogP contribution in [0.25, 0.3) is 0 Å². The molecule has 1 aromatic rings. The average Bonchev–Trinajstić information content (AvgIpc) is 2.69. The Kier molecular flexibility index (Phi) is 3.22. The number of nitrogen functional groups attached to an aromatic ring is 1. The third-order valence-electron chi connectivity index (χ3n) is 2.81. The van der Waals surface area contributed by atoms with Crippen LogP contribution >= 0.6 is 0 Å². The molecule has 0 unspecified atom stereocenters. The lowest BCUT2D eigenvalue weighted by Gasteiger charge is -2.35. The van der Waals surface area contributed by atoms with Crippen LogP contribution in [0.4, 0.5) is 5.82 Å². The molecule has 1 saturated heterocycles. The summed E-state index contributed by atoms with van der Waals surface area (Å²) in [7, 11) is 0. The number of carbonyl (C=O) groups excluding carboxylic acids is 1. The number of aromatic nitrogens is 2. The predicted molar refractivity (Wildman–Crippen MR) is 58.2 cm³/mol. The maximum atomic E-state index is 11.0. The van der Waals surface area contributed by atoms with Gasteiger partial charge >= 0.3 is 0 Å². The topological polar surface area (TPSA) is 157 Å². The van der Waals surface area contributed by atoms with E-state index in [4.69, 9.17) is 16.2 Å². The number of aliphatic hydroxyl groups excluding tert-OH is 3. The molecule has 1 amide bonds. The zero-order valence-electron chi connectivity index (χ0n) is 9.30. The first kappa shape index (κ1) is 12.8. The molecule has 2 heterocycles. The number of carbonyl (C=O) groups is 1. The molecule has 1 aliphatic heterocycles. The summed E-state index contributed by atoms with van der Waals surface area (Å²) < 4.78 is 6.34. The SMILES string of the molecule is NC(=O)c1ncn([C@@H]2OC[C@@H](O)[C@@H](O)[C@H]2O)c1N. The summed E-state index contributed by atoms with van der Waals surface area (Å²) in [4.78, 5) is 14.7. The van der Waals surface area contributed by atoms with Crippen molar-refractivity contribution in [1.82, 2.24) is 9.55 Å².